The van der Waals surface area contributed by atoms with Crippen molar-refractivity contribution in [3.05, 3.63) is 81.9 Å². The average Bonchev–Trinajstić information content (AvgIpc) is 3.85. The van der Waals surface area contributed by atoms with E-state index in [0.717, 1.165) is 42.5 Å². The zero-order chi connectivity index (χ0) is 27.7. The molecule has 0 aromatic heterocycles. The van der Waals surface area contributed by atoms with Gasteiger partial charge in [-0.05, 0) is 79.0 Å². The van der Waals surface area contributed by atoms with Crippen LogP contribution in [0.5, 0.6) is 0 Å². The minimum absolute atomic E-state index is 0.176. The summed E-state index contributed by atoms with van der Waals surface area (Å²) in [5.74, 6) is 0.00605. The summed E-state index contributed by atoms with van der Waals surface area (Å²) >= 11 is 12.7. The number of primary amides is 1. The third kappa shape index (κ3) is 6.74. The fraction of sp³-hybridized carbons (Fsp3) is 0.484. The standard InChI is InChI=1S/C31H36Cl2FN3O2/c1-2-31(34)11-12-37(18-31)17-27(30(35)39)21-7-10-28(33)25(13-21)24-14-22(24)15-36-16-26(29(38)20-3-4-20)19-5-8-23(32)9-6-19/h2,5-10,13,20,22,24,26-27,36H,1,3-4,11-12,14-18H2,(H2,35,39)/t22?,24?,26-,27?,31?/m1/s1. The molecule has 1 heterocycles. The maximum Gasteiger partial charge on any atom is 0.226 e. The second-order valence-corrected chi connectivity index (χ2v) is 12.3. The van der Waals surface area contributed by atoms with Crippen molar-refractivity contribution in [2.24, 2.45) is 17.6 Å². The van der Waals surface area contributed by atoms with E-state index in [9.17, 15) is 14.0 Å². The molecule has 2 aromatic rings. The first-order valence-electron chi connectivity index (χ1n) is 13.8. The van der Waals surface area contributed by atoms with Crippen molar-refractivity contribution < 1.29 is 14.0 Å². The van der Waals surface area contributed by atoms with Gasteiger partial charge in [-0.1, -0.05) is 60.1 Å². The van der Waals surface area contributed by atoms with Gasteiger partial charge in [0.15, 0.2) is 0 Å². The molecule has 0 bridgehead atoms. The Morgan fingerprint density at radius 3 is 2.51 bits per heavy atom. The lowest BCUT2D eigenvalue weighted by atomic mass is 9.92. The van der Waals surface area contributed by atoms with Crippen LogP contribution in [0.4, 0.5) is 4.39 Å². The first-order valence-corrected chi connectivity index (χ1v) is 14.6. The third-order valence-electron chi connectivity index (χ3n) is 8.58. The predicted molar refractivity (Wildman–Crippen MR) is 154 cm³/mol. The van der Waals surface area contributed by atoms with Gasteiger partial charge in [0.2, 0.25) is 5.91 Å². The summed E-state index contributed by atoms with van der Waals surface area (Å²) in [6.07, 6.45) is 4.67. The maximum atomic E-state index is 14.6. The number of nitrogens with one attached hydrogen (secondary N) is 1. The van der Waals surface area contributed by atoms with Crippen molar-refractivity contribution in [2.75, 3.05) is 32.7 Å². The minimum atomic E-state index is -1.42. The molecule has 0 radical (unpaired) electrons. The van der Waals surface area contributed by atoms with Gasteiger partial charge in [0.05, 0.1) is 11.8 Å². The van der Waals surface area contributed by atoms with E-state index in [2.05, 4.69) is 11.9 Å². The predicted octanol–water partition coefficient (Wildman–Crippen LogP) is 5.62. The second kappa shape index (κ2) is 11.7. The number of Topliss-reactive ketones (excluding diaryl/α,β-unsaturated/α-hetero) is 1. The molecular formula is C31H36Cl2FN3O2. The number of nitrogens with zero attached hydrogens (tertiary/aromatic N) is 1. The molecule has 2 saturated carbocycles. The number of nitrogens with two attached hydrogens (primary N) is 1. The fourth-order valence-electron chi connectivity index (χ4n) is 5.87. The van der Waals surface area contributed by atoms with Crippen LogP contribution in [0.2, 0.25) is 10.0 Å². The van der Waals surface area contributed by atoms with Crippen LogP contribution in [-0.2, 0) is 9.59 Å². The molecule has 1 amide bonds. The van der Waals surface area contributed by atoms with E-state index in [1.165, 1.54) is 6.08 Å². The molecule has 1 aliphatic heterocycles. The van der Waals surface area contributed by atoms with E-state index in [0.29, 0.717) is 47.8 Å². The van der Waals surface area contributed by atoms with E-state index in [1.54, 1.807) is 0 Å². The van der Waals surface area contributed by atoms with Gasteiger partial charge in [-0.2, -0.15) is 0 Å². The van der Waals surface area contributed by atoms with E-state index in [4.69, 9.17) is 28.9 Å². The van der Waals surface area contributed by atoms with Crippen molar-refractivity contribution in [3.63, 3.8) is 0 Å². The van der Waals surface area contributed by atoms with Crippen LogP contribution in [0, 0.1) is 11.8 Å². The van der Waals surface area contributed by atoms with E-state index < -0.39 is 17.5 Å². The Morgan fingerprint density at radius 2 is 1.87 bits per heavy atom. The number of amides is 1. The lowest BCUT2D eigenvalue weighted by Gasteiger charge is -2.23. The number of carbonyl (C=O) groups is 2. The lowest BCUT2D eigenvalue weighted by Crippen LogP contribution is -2.35. The molecule has 3 aliphatic rings. The molecule has 5 rings (SSSR count). The maximum absolute atomic E-state index is 14.6. The van der Waals surface area contributed by atoms with E-state index >= 15 is 0 Å². The number of alkyl halides is 1. The van der Waals surface area contributed by atoms with Crippen LogP contribution in [0.25, 0.3) is 0 Å². The van der Waals surface area contributed by atoms with Crippen LogP contribution in [0.3, 0.4) is 0 Å². The molecule has 1 saturated heterocycles. The Morgan fingerprint density at radius 1 is 1.15 bits per heavy atom. The van der Waals surface area contributed by atoms with E-state index in [-0.39, 0.29) is 24.3 Å². The van der Waals surface area contributed by atoms with Crippen molar-refractivity contribution in [3.8, 4) is 0 Å². The normalized spacial score (nSPS) is 26.2. The SMILES string of the molecule is C=CC1(F)CCN(CC(C(N)=O)c2ccc(Cl)c(C3CC3CNC[C@@H](C(=O)C3CC3)c3ccc(Cl)cc3)c2)C1. The third-order valence-corrected chi connectivity index (χ3v) is 9.17. The molecule has 2 aliphatic carbocycles. The Labute approximate surface area is 239 Å². The van der Waals surface area contributed by atoms with E-state index in [1.807, 2.05) is 47.4 Å². The highest BCUT2D eigenvalue weighted by molar-refractivity contribution is 6.31. The molecule has 2 aromatic carbocycles. The van der Waals surface area contributed by atoms with Gasteiger partial charge in [0.1, 0.15) is 11.5 Å². The van der Waals surface area contributed by atoms with Crippen molar-refractivity contribution in [2.45, 2.75) is 49.1 Å². The summed E-state index contributed by atoms with van der Waals surface area (Å²) in [4.78, 5) is 27.3. The van der Waals surface area contributed by atoms with Gasteiger partial charge in [0, 0.05) is 42.1 Å². The summed E-state index contributed by atoms with van der Waals surface area (Å²) in [7, 11) is 0. The van der Waals surface area contributed by atoms with Crippen molar-refractivity contribution in [1.82, 2.24) is 10.2 Å². The first-order chi connectivity index (χ1) is 18.7. The number of hydrogen-bond donors (Lipinski definition) is 2. The molecule has 8 heteroatoms. The largest absolute Gasteiger partial charge is 0.369 e. The summed E-state index contributed by atoms with van der Waals surface area (Å²) in [6.45, 7) is 6.13. The van der Waals surface area contributed by atoms with Crippen LogP contribution in [0.1, 0.15) is 60.1 Å². The Balaban J connectivity index is 1.21. The van der Waals surface area contributed by atoms with Crippen LogP contribution >= 0.6 is 23.2 Å². The first kappa shape index (κ1) is 28.3. The van der Waals surface area contributed by atoms with Crippen LogP contribution in [-0.4, -0.2) is 55.0 Å². The van der Waals surface area contributed by atoms with Crippen LogP contribution in [0.15, 0.2) is 55.1 Å². The molecule has 39 heavy (non-hydrogen) atoms. The average molecular weight is 573 g/mol. The van der Waals surface area contributed by atoms with Crippen molar-refractivity contribution in [1.29, 1.82) is 0 Å². The summed E-state index contributed by atoms with van der Waals surface area (Å²) < 4.78 is 14.6. The van der Waals surface area contributed by atoms with Crippen molar-refractivity contribution >= 4 is 34.9 Å². The zero-order valence-electron chi connectivity index (χ0n) is 22.1. The summed E-state index contributed by atoms with van der Waals surface area (Å²) in [5, 5.41) is 4.88. The highest BCUT2D eigenvalue weighted by atomic mass is 35.5. The molecule has 4 unspecified atom stereocenters. The quantitative estimate of drug-likeness (QED) is 0.306. The number of hydrogen-bond acceptors (Lipinski definition) is 4. The Bertz CT molecular complexity index is 1230. The Hall–Kier alpha value is -2.25. The van der Waals surface area contributed by atoms with Gasteiger partial charge in [0.25, 0.3) is 0 Å². The zero-order valence-corrected chi connectivity index (χ0v) is 23.6. The molecule has 3 N–H and O–H groups in total. The van der Waals surface area contributed by atoms with Gasteiger partial charge in [-0.15, -0.1) is 0 Å². The molecule has 5 atom stereocenters. The monoisotopic (exact) mass is 571 g/mol. The fourth-order valence-corrected chi connectivity index (χ4v) is 6.26. The molecule has 3 fully saturated rings. The smallest absolute Gasteiger partial charge is 0.226 e. The number of halogens is 3. The second-order valence-electron chi connectivity index (χ2n) is 11.5. The van der Waals surface area contributed by atoms with Gasteiger partial charge >= 0.3 is 0 Å². The topological polar surface area (TPSA) is 75.4 Å². The van der Waals surface area contributed by atoms with Gasteiger partial charge < -0.3 is 11.1 Å². The summed E-state index contributed by atoms with van der Waals surface area (Å²) in [6, 6.07) is 13.3. The van der Waals surface area contributed by atoms with Gasteiger partial charge in [-0.25, -0.2) is 4.39 Å². The molecule has 208 valence electrons. The number of carbonyl (C=O) groups excluding carboxylic acids is 2. The highest BCUT2D eigenvalue weighted by Gasteiger charge is 2.41. The van der Waals surface area contributed by atoms with Gasteiger partial charge in [-0.3, -0.25) is 14.5 Å². The molecule has 0 spiro atoms. The Kier molecular flexibility index (Phi) is 8.48. The number of likely N-dealkylation sites (tertiary alicyclic amines) is 1. The van der Waals surface area contributed by atoms with Crippen LogP contribution < -0.4 is 11.1 Å². The number of rotatable bonds is 13. The lowest BCUT2D eigenvalue weighted by molar-refractivity contribution is -0.121. The number of benzene rings is 2. The number of ketones is 1. The molecular weight excluding hydrogens is 536 g/mol. The highest BCUT2D eigenvalue weighted by Crippen LogP contribution is 2.50. The summed E-state index contributed by atoms with van der Waals surface area (Å²) in [5.41, 5.74) is 7.21. The molecule has 5 nitrogen and oxygen atoms in total. The minimum Gasteiger partial charge on any atom is -0.369 e.